The third-order valence-electron chi connectivity index (χ3n) is 6.26. The van der Waals surface area contributed by atoms with Gasteiger partial charge in [0.1, 0.15) is 17.4 Å². The van der Waals surface area contributed by atoms with Crippen molar-refractivity contribution in [2.24, 2.45) is 0 Å². The first-order valence-corrected chi connectivity index (χ1v) is 11.7. The number of nitrogens with zero attached hydrogens (tertiary/aromatic N) is 3. The number of aromatic nitrogens is 2. The number of hydrogen-bond donors (Lipinski definition) is 0. The quantitative estimate of drug-likeness (QED) is 0.369. The summed E-state index contributed by atoms with van der Waals surface area (Å²) in [4.78, 5) is 23.8. The zero-order chi connectivity index (χ0) is 24.2. The van der Waals surface area contributed by atoms with Gasteiger partial charge in [-0.2, -0.15) is 0 Å². The van der Waals surface area contributed by atoms with Gasteiger partial charge in [0, 0.05) is 31.9 Å². The van der Waals surface area contributed by atoms with Crippen LogP contribution in [0.15, 0.2) is 77.6 Å². The van der Waals surface area contributed by atoms with Crippen molar-refractivity contribution < 1.29 is 18.0 Å². The fourth-order valence-corrected chi connectivity index (χ4v) is 4.53. The number of rotatable bonds is 6. The molecule has 178 valence electrons. The number of hydrogen-bond acceptors (Lipinski definition) is 4. The summed E-state index contributed by atoms with van der Waals surface area (Å²) in [5, 5.41) is 0. The molecule has 0 bridgehead atoms. The molecule has 35 heavy (non-hydrogen) atoms. The maximum atomic E-state index is 13.5. The molecule has 1 aliphatic rings. The monoisotopic (exact) mass is 473 g/mol. The number of carbonyl (C=O) groups is 1. The number of amides is 1. The normalized spacial score (nSPS) is 15.8. The number of pyridine rings is 1. The molecule has 1 aliphatic heterocycles. The first kappa shape index (κ1) is 22.9. The number of piperidine rings is 1. The van der Waals surface area contributed by atoms with Crippen LogP contribution in [0.4, 0.5) is 8.78 Å². The maximum absolute atomic E-state index is 13.5. The molecule has 1 fully saturated rings. The highest BCUT2D eigenvalue weighted by atomic mass is 19.1. The van der Waals surface area contributed by atoms with Crippen LogP contribution < -0.4 is 0 Å². The molecule has 1 saturated heterocycles. The van der Waals surface area contributed by atoms with Crippen LogP contribution in [-0.4, -0.2) is 33.9 Å². The van der Waals surface area contributed by atoms with E-state index in [2.05, 4.69) is 9.97 Å². The summed E-state index contributed by atoms with van der Waals surface area (Å²) in [6.45, 7) is 1.18. The number of likely N-dealkylation sites (tertiary alicyclic amines) is 1. The summed E-state index contributed by atoms with van der Waals surface area (Å²) in [7, 11) is 0. The Labute approximate surface area is 202 Å². The van der Waals surface area contributed by atoms with Gasteiger partial charge in [-0.15, -0.1) is 0 Å². The second kappa shape index (κ2) is 10.2. The minimum atomic E-state index is -0.283. The van der Waals surface area contributed by atoms with Crippen molar-refractivity contribution in [3.8, 4) is 0 Å². The van der Waals surface area contributed by atoms with Gasteiger partial charge >= 0.3 is 0 Å². The molecule has 0 unspecified atom stereocenters. The number of oxazole rings is 1. The molecule has 5 nitrogen and oxygen atoms in total. The SMILES string of the molecule is O=C(c1cncc(Cc2cccc(F)c2)c1)N1CCC[C@H](c2ncc(Cc3ccc(F)cc3)o2)C1. The van der Waals surface area contributed by atoms with E-state index in [1.165, 1.54) is 24.3 Å². The first-order chi connectivity index (χ1) is 17.0. The standard InChI is InChI=1S/C28H25F2N3O2/c29-24-8-6-19(7-9-24)14-26-17-32-27(35-26)22-4-2-10-33(18-22)28(34)23-12-21(15-31-16-23)11-20-3-1-5-25(30)13-20/h1,3,5-9,12-13,15-17,22H,2,4,10-11,14,18H2/t22-/m0/s1. The summed E-state index contributed by atoms with van der Waals surface area (Å²) in [5.74, 6) is 0.712. The van der Waals surface area contributed by atoms with Crippen LogP contribution in [0.3, 0.4) is 0 Å². The van der Waals surface area contributed by atoms with Crippen molar-refractivity contribution in [3.05, 3.63) is 119 Å². The first-order valence-electron chi connectivity index (χ1n) is 11.7. The average Bonchev–Trinajstić information content (AvgIpc) is 3.34. The van der Waals surface area contributed by atoms with Crippen molar-refractivity contribution in [3.63, 3.8) is 0 Å². The predicted octanol–water partition coefficient (Wildman–Crippen LogP) is 5.55. The van der Waals surface area contributed by atoms with E-state index in [-0.39, 0.29) is 23.5 Å². The van der Waals surface area contributed by atoms with Crippen LogP contribution in [0, 0.1) is 11.6 Å². The highest BCUT2D eigenvalue weighted by Gasteiger charge is 2.28. The molecule has 0 saturated carbocycles. The lowest BCUT2D eigenvalue weighted by atomic mass is 9.97. The Morgan fingerprint density at radius 3 is 2.63 bits per heavy atom. The highest BCUT2D eigenvalue weighted by molar-refractivity contribution is 5.94. The van der Waals surface area contributed by atoms with Crippen molar-refractivity contribution >= 4 is 5.91 Å². The molecule has 0 radical (unpaired) electrons. The summed E-state index contributed by atoms with van der Waals surface area (Å²) in [6.07, 6.45) is 7.76. The van der Waals surface area contributed by atoms with Gasteiger partial charge in [0.25, 0.3) is 5.91 Å². The smallest absolute Gasteiger partial charge is 0.255 e. The van der Waals surface area contributed by atoms with E-state index in [1.54, 1.807) is 36.8 Å². The van der Waals surface area contributed by atoms with Gasteiger partial charge in [-0.1, -0.05) is 24.3 Å². The lowest BCUT2D eigenvalue weighted by molar-refractivity contribution is 0.0697. The van der Waals surface area contributed by atoms with Crippen molar-refractivity contribution in [1.82, 2.24) is 14.9 Å². The zero-order valence-electron chi connectivity index (χ0n) is 19.2. The van der Waals surface area contributed by atoms with Gasteiger partial charge in [-0.3, -0.25) is 9.78 Å². The van der Waals surface area contributed by atoms with E-state index in [4.69, 9.17) is 4.42 Å². The van der Waals surface area contributed by atoms with Crippen LogP contribution in [0.25, 0.3) is 0 Å². The van der Waals surface area contributed by atoms with Gasteiger partial charge in [0.05, 0.1) is 17.7 Å². The number of carbonyl (C=O) groups excluding carboxylic acids is 1. The van der Waals surface area contributed by atoms with E-state index in [9.17, 15) is 13.6 Å². The van der Waals surface area contributed by atoms with Crippen LogP contribution in [-0.2, 0) is 12.8 Å². The van der Waals surface area contributed by atoms with E-state index in [1.807, 2.05) is 17.0 Å². The molecule has 1 atom stereocenters. The Bertz CT molecular complexity index is 1320. The summed E-state index contributed by atoms with van der Waals surface area (Å²) in [6, 6.07) is 14.6. The van der Waals surface area contributed by atoms with Crippen LogP contribution in [0.2, 0.25) is 0 Å². The molecule has 0 aliphatic carbocycles. The largest absolute Gasteiger partial charge is 0.445 e. The Balaban J connectivity index is 1.25. The van der Waals surface area contributed by atoms with E-state index >= 15 is 0 Å². The average molecular weight is 474 g/mol. The number of benzene rings is 2. The van der Waals surface area contributed by atoms with Gasteiger partial charge in [0.15, 0.2) is 5.89 Å². The Morgan fingerprint density at radius 1 is 0.943 bits per heavy atom. The molecule has 2 aromatic carbocycles. The second-order valence-corrected chi connectivity index (χ2v) is 8.95. The second-order valence-electron chi connectivity index (χ2n) is 8.95. The molecule has 7 heteroatoms. The predicted molar refractivity (Wildman–Crippen MR) is 127 cm³/mol. The summed E-state index contributed by atoms with van der Waals surface area (Å²) < 4.78 is 32.7. The van der Waals surface area contributed by atoms with Crippen LogP contribution in [0.5, 0.6) is 0 Å². The fourth-order valence-electron chi connectivity index (χ4n) is 4.53. The van der Waals surface area contributed by atoms with Gasteiger partial charge in [-0.05, 0) is 66.3 Å². The molecule has 0 N–H and O–H groups in total. The van der Waals surface area contributed by atoms with Gasteiger partial charge in [-0.25, -0.2) is 13.8 Å². The Hall–Kier alpha value is -3.87. The van der Waals surface area contributed by atoms with E-state index in [0.29, 0.717) is 43.1 Å². The topological polar surface area (TPSA) is 59.2 Å². The molecule has 5 rings (SSSR count). The summed E-state index contributed by atoms with van der Waals surface area (Å²) >= 11 is 0. The van der Waals surface area contributed by atoms with Gasteiger partial charge in [0.2, 0.25) is 0 Å². The molecule has 0 spiro atoms. The molecular formula is C28H25F2N3O2. The van der Waals surface area contributed by atoms with Crippen LogP contribution in [0.1, 0.15) is 57.5 Å². The molecule has 2 aromatic heterocycles. The number of halogens is 2. The minimum Gasteiger partial charge on any atom is -0.445 e. The lowest BCUT2D eigenvalue weighted by Gasteiger charge is -2.31. The Morgan fingerprint density at radius 2 is 1.80 bits per heavy atom. The lowest BCUT2D eigenvalue weighted by Crippen LogP contribution is -2.39. The third-order valence-corrected chi connectivity index (χ3v) is 6.26. The van der Waals surface area contributed by atoms with Gasteiger partial charge < -0.3 is 9.32 Å². The zero-order valence-corrected chi connectivity index (χ0v) is 19.2. The fraction of sp³-hybridized carbons (Fsp3) is 0.250. The van der Waals surface area contributed by atoms with Crippen molar-refractivity contribution in [2.45, 2.75) is 31.6 Å². The van der Waals surface area contributed by atoms with E-state index in [0.717, 1.165) is 29.5 Å². The summed E-state index contributed by atoms with van der Waals surface area (Å²) in [5.41, 5.74) is 3.15. The maximum Gasteiger partial charge on any atom is 0.255 e. The van der Waals surface area contributed by atoms with Crippen molar-refractivity contribution in [2.75, 3.05) is 13.1 Å². The molecule has 1 amide bonds. The Kier molecular flexibility index (Phi) is 6.66. The molecular weight excluding hydrogens is 448 g/mol. The minimum absolute atomic E-state index is 0.0121. The van der Waals surface area contributed by atoms with Crippen LogP contribution >= 0.6 is 0 Å². The molecule has 3 heterocycles. The van der Waals surface area contributed by atoms with Crippen molar-refractivity contribution in [1.29, 1.82) is 0 Å². The highest BCUT2D eigenvalue weighted by Crippen LogP contribution is 2.28. The third kappa shape index (κ3) is 5.62. The van der Waals surface area contributed by atoms with E-state index < -0.39 is 0 Å². The molecule has 4 aromatic rings.